The first kappa shape index (κ1) is 15.6. The summed E-state index contributed by atoms with van der Waals surface area (Å²) in [5, 5.41) is 3.20. The highest BCUT2D eigenvalue weighted by Gasteiger charge is 2.35. The smallest absolute Gasteiger partial charge is 0.205 e. The zero-order valence-electron chi connectivity index (χ0n) is 11.5. The van der Waals surface area contributed by atoms with Crippen LogP contribution in [0.15, 0.2) is 4.99 Å². The number of rotatable bonds is 8. The van der Waals surface area contributed by atoms with Crippen LogP contribution in [0.1, 0.15) is 32.6 Å². The maximum absolute atomic E-state index is 5.46. The van der Waals surface area contributed by atoms with Gasteiger partial charge in [-0.1, -0.05) is 6.42 Å². The molecule has 1 aliphatic rings. The average molecular weight is 274 g/mol. The normalized spacial score (nSPS) is 18.3. The third kappa shape index (κ3) is 5.04. The number of hydrazine groups is 1. The van der Waals surface area contributed by atoms with Crippen LogP contribution in [-0.4, -0.2) is 43.3 Å². The van der Waals surface area contributed by atoms with E-state index in [2.05, 4.69) is 22.0 Å². The number of hydrogen-bond donors (Lipinski definition) is 3. The van der Waals surface area contributed by atoms with E-state index in [9.17, 15) is 0 Å². The Kier molecular flexibility index (Phi) is 7.46. The Hall–Kier alpha value is -0.460. The second-order valence-electron chi connectivity index (χ2n) is 4.53. The second-order valence-corrected chi connectivity index (χ2v) is 5.80. The summed E-state index contributed by atoms with van der Waals surface area (Å²) >= 11 is 1.92. The van der Waals surface area contributed by atoms with Crippen LogP contribution in [0.2, 0.25) is 0 Å². The Morgan fingerprint density at radius 1 is 1.50 bits per heavy atom. The minimum Gasteiger partial charge on any atom is -0.382 e. The van der Waals surface area contributed by atoms with E-state index in [0.29, 0.717) is 10.7 Å². The van der Waals surface area contributed by atoms with Gasteiger partial charge < -0.3 is 10.1 Å². The molecule has 0 aromatic carbocycles. The Balaban J connectivity index is 2.22. The number of ether oxygens (including phenoxy) is 1. The number of aliphatic imine (C=N–C) groups is 1. The molecule has 6 heteroatoms. The zero-order valence-corrected chi connectivity index (χ0v) is 12.3. The van der Waals surface area contributed by atoms with Crippen molar-refractivity contribution < 1.29 is 4.74 Å². The number of thioether (sulfide) groups is 1. The number of nitrogens with one attached hydrogen (secondary N) is 2. The van der Waals surface area contributed by atoms with Gasteiger partial charge in [-0.3, -0.25) is 10.4 Å². The highest BCUT2D eigenvalue weighted by molar-refractivity contribution is 8.00. The van der Waals surface area contributed by atoms with Gasteiger partial charge in [0, 0.05) is 24.5 Å². The van der Waals surface area contributed by atoms with Gasteiger partial charge >= 0.3 is 0 Å². The summed E-state index contributed by atoms with van der Waals surface area (Å²) in [5.41, 5.74) is 2.63. The molecule has 0 aliphatic heterocycles. The highest BCUT2D eigenvalue weighted by atomic mass is 32.2. The summed E-state index contributed by atoms with van der Waals surface area (Å²) < 4.78 is 5.63. The molecule has 0 aromatic heterocycles. The van der Waals surface area contributed by atoms with E-state index >= 15 is 0 Å². The Morgan fingerprint density at radius 3 is 2.78 bits per heavy atom. The maximum atomic E-state index is 5.46. The van der Waals surface area contributed by atoms with Gasteiger partial charge in [0.05, 0.1) is 6.54 Å². The lowest BCUT2D eigenvalue weighted by atomic mass is 9.84. The van der Waals surface area contributed by atoms with Gasteiger partial charge in [0.1, 0.15) is 0 Å². The van der Waals surface area contributed by atoms with Crippen LogP contribution in [-0.2, 0) is 4.74 Å². The molecule has 0 bridgehead atoms. The predicted molar refractivity (Wildman–Crippen MR) is 78.8 cm³/mol. The Morgan fingerprint density at radius 2 is 2.28 bits per heavy atom. The Bertz CT molecular complexity index is 251. The molecule has 106 valence electrons. The fraction of sp³-hybridized carbons (Fsp3) is 0.917. The van der Waals surface area contributed by atoms with E-state index in [1.54, 1.807) is 0 Å². The van der Waals surface area contributed by atoms with Crippen molar-refractivity contribution >= 4 is 17.7 Å². The van der Waals surface area contributed by atoms with E-state index in [4.69, 9.17) is 10.6 Å². The van der Waals surface area contributed by atoms with Gasteiger partial charge in [0.25, 0.3) is 0 Å². The SMILES string of the molecule is CCOCCCNC(=NCC1(SC)CCC1)NN. The molecular formula is C12H26N4OS. The predicted octanol–water partition coefficient (Wildman–Crippen LogP) is 1.11. The summed E-state index contributed by atoms with van der Waals surface area (Å²) in [5.74, 6) is 6.15. The van der Waals surface area contributed by atoms with Crippen molar-refractivity contribution in [1.82, 2.24) is 10.7 Å². The van der Waals surface area contributed by atoms with E-state index in [1.807, 2.05) is 18.7 Å². The zero-order chi connectivity index (χ0) is 13.3. The molecular weight excluding hydrogens is 248 g/mol. The van der Waals surface area contributed by atoms with Crippen LogP contribution < -0.4 is 16.6 Å². The molecule has 0 amide bonds. The first-order valence-corrected chi connectivity index (χ1v) is 7.86. The molecule has 5 nitrogen and oxygen atoms in total. The minimum atomic E-state index is 0.356. The van der Waals surface area contributed by atoms with Crippen LogP contribution in [0.5, 0.6) is 0 Å². The minimum absolute atomic E-state index is 0.356. The van der Waals surface area contributed by atoms with Gasteiger partial charge in [0.2, 0.25) is 5.96 Å². The molecule has 1 fully saturated rings. The topological polar surface area (TPSA) is 71.7 Å². The monoisotopic (exact) mass is 274 g/mol. The summed E-state index contributed by atoms with van der Waals surface area (Å²) in [6, 6.07) is 0. The lowest BCUT2D eigenvalue weighted by molar-refractivity contribution is 0.145. The van der Waals surface area contributed by atoms with Gasteiger partial charge in [-0.25, -0.2) is 5.84 Å². The van der Waals surface area contributed by atoms with Gasteiger partial charge in [-0.15, -0.1) is 0 Å². The van der Waals surface area contributed by atoms with Crippen molar-refractivity contribution in [3.63, 3.8) is 0 Å². The molecule has 1 rings (SSSR count). The molecule has 0 heterocycles. The first-order valence-electron chi connectivity index (χ1n) is 6.64. The molecule has 1 aliphatic carbocycles. The third-order valence-electron chi connectivity index (χ3n) is 3.32. The Labute approximate surface area is 114 Å². The van der Waals surface area contributed by atoms with Gasteiger partial charge in [0.15, 0.2) is 0 Å². The average Bonchev–Trinajstić information content (AvgIpc) is 2.35. The molecule has 0 aromatic rings. The number of nitrogens with zero attached hydrogens (tertiary/aromatic N) is 1. The summed E-state index contributed by atoms with van der Waals surface area (Å²) in [7, 11) is 0. The molecule has 18 heavy (non-hydrogen) atoms. The number of nitrogens with two attached hydrogens (primary N) is 1. The van der Waals surface area contributed by atoms with Crippen molar-refractivity contribution in [1.29, 1.82) is 0 Å². The molecule has 0 spiro atoms. The molecule has 1 saturated carbocycles. The van der Waals surface area contributed by atoms with Crippen molar-refractivity contribution in [3.05, 3.63) is 0 Å². The second kappa shape index (κ2) is 8.61. The maximum Gasteiger partial charge on any atom is 0.205 e. The molecule has 0 saturated heterocycles. The van der Waals surface area contributed by atoms with Crippen molar-refractivity contribution in [3.8, 4) is 0 Å². The fourth-order valence-electron chi connectivity index (χ4n) is 1.90. The quantitative estimate of drug-likeness (QED) is 0.203. The van der Waals surface area contributed by atoms with E-state index in [1.165, 1.54) is 19.3 Å². The van der Waals surface area contributed by atoms with Crippen molar-refractivity contribution in [2.75, 3.05) is 32.6 Å². The van der Waals surface area contributed by atoms with Crippen molar-refractivity contribution in [2.45, 2.75) is 37.4 Å². The van der Waals surface area contributed by atoms with E-state index in [-0.39, 0.29) is 0 Å². The van der Waals surface area contributed by atoms with Crippen LogP contribution in [0.3, 0.4) is 0 Å². The number of hydrogen-bond acceptors (Lipinski definition) is 4. The first-order chi connectivity index (χ1) is 8.76. The van der Waals surface area contributed by atoms with Crippen LogP contribution >= 0.6 is 11.8 Å². The lowest BCUT2D eigenvalue weighted by Gasteiger charge is -2.39. The summed E-state index contributed by atoms with van der Waals surface area (Å²) in [6.07, 6.45) is 6.98. The fourth-order valence-corrected chi connectivity index (χ4v) is 2.79. The summed E-state index contributed by atoms with van der Waals surface area (Å²) in [6.45, 7) is 5.21. The molecule has 4 N–H and O–H groups in total. The van der Waals surface area contributed by atoms with Gasteiger partial charge in [-0.2, -0.15) is 11.8 Å². The molecule has 0 unspecified atom stereocenters. The van der Waals surface area contributed by atoms with Crippen molar-refractivity contribution in [2.24, 2.45) is 10.8 Å². The van der Waals surface area contributed by atoms with Crippen LogP contribution in [0, 0.1) is 0 Å². The van der Waals surface area contributed by atoms with E-state index in [0.717, 1.165) is 32.7 Å². The van der Waals surface area contributed by atoms with Crippen LogP contribution in [0.25, 0.3) is 0 Å². The van der Waals surface area contributed by atoms with Crippen LogP contribution in [0.4, 0.5) is 0 Å². The third-order valence-corrected chi connectivity index (χ3v) is 4.73. The molecule has 0 atom stereocenters. The van der Waals surface area contributed by atoms with Gasteiger partial charge in [-0.05, 0) is 32.4 Å². The highest BCUT2D eigenvalue weighted by Crippen LogP contribution is 2.42. The lowest BCUT2D eigenvalue weighted by Crippen LogP contribution is -2.44. The number of guanidine groups is 1. The largest absolute Gasteiger partial charge is 0.382 e. The standard InChI is InChI=1S/C12H26N4OS/c1-3-17-9-5-8-14-11(16-13)15-10-12(18-2)6-4-7-12/h3-10,13H2,1-2H3,(H2,14,15,16). The molecule has 0 radical (unpaired) electrons. The summed E-state index contributed by atoms with van der Waals surface area (Å²) in [4.78, 5) is 4.53. The van der Waals surface area contributed by atoms with E-state index < -0.39 is 0 Å².